The molecular weight excluding hydrogens is 416 g/mol. The van der Waals surface area contributed by atoms with Crippen LogP contribution in [-0.2, 0) is 5.41 Å². The Balaban J connectivity index is 1.85. The smallest absolute Gasteiger partial charge is 0.127 e. The van der Waals surface area contributed by atoms with Gasteiger partial charge in [-0.25, -0.2) is 0 Å². The summed E-state index contributed by atoms with van der Waals surface area (Å²) in [6.45, 7) is 8.84. The summed E-state index contributed by atoms with van der Waals surface area (Å²) in [6, 6.07) is 4.11. The van der Waals surface area contributed by atoms with Crippen LogP contribution in [0.2, 0.25) is 0 Å². The lowest BCUT2D eigenvalue weighted by atomic mass is 9.65. The third-order valence-electron chi connectivity index (χ3n) is 7.05. The van der Waals surface area contributed by atoms with Gasteiger partial charge in [-0.05, 0) is 69.1 Å². The number of phenolic OH excluding ortho intramolecular Hbond substituents is 1. The minimum absolute atomic E-state index is 0.00264. The minimum atomic E-state index is -0.280. The molecule has 3 atom stereocenters. The van der Waals surface area contributed by atoms with Crippen molar-refractivity contribution in [2.75, 3.05) is 5.33 Å². The van der Waals surface area contributed by atoms with E-state index in [9.17, 15) is 10.2 Å². The van der Waals surface area contributed by atoms with Gasteiger partial charge >= 0.3 is 0 Å². The fraction of sp³-hybridized carbons (Fsp3) is 0.750. The first-order valence-electron chi connectivity index (χ1n) is 11.0. The molecule has 1 aromatic carbocycles. The van der Waals surface area contributed by atoms with Gasteiger partial charge in [0.1, 0.15) is 17.1 Å². The van der Waals surface area contributed by atoms with E-state index in [1.54, 1.807) is 0 Å². The molecule has 158 valence electrons. The van der Waals surface area contributed by atoms with E-state index in [1.807, 2.05) is 6.07 Å². The molecule has 2 aliphatic rings. The summed E-state index contributed by atoms with van der Waals surface area (Å²) in [6.07, 6.45) is 8.24. The van der Waals surface area contributed by atoms with E-state index in [4.69, 9.17) is 4.74 Å². The molecule has 1 fully saturated rings. The van der Waals surface area contributed by atoms with Gasteiger partial charge in [-0.1, -0.05) is 49.0 Å². The van der Waals surface area contributed by atoms with Crippen LogP contribution in [0.15, 0.2) is 12.1 Å². The van der Waals surface area contributed by atoms with Gasteiger partial charge < -0.3 is 14.9 Å². The maximum Gasteiger partial charge on any atom is 0.127 e. The second-order valence-electron chi connectivity index (χ2n) is 10.0. The summed E-state index contributed by atoms with van der Waals surface area (Å²) in [7, 11) is 0. The van der Waals surface area contributed by atoms with E-state index in [0.717, 1.165) is 41.5 Å². The minimum Gasteiger partial charge on any atom is -0.508 e. The molecule has 3 nitrogen and oxygen atoms in total. The molecule has 2 unspecified atom stereocenters. The van der Waals surface area contributed by atoms with Crippen LogP contribution in [0, 0.1) is 5.92 Å². The summed E-state index contributed by atoms with van der Waals surface area (Å²) < 4.78 is 6.45. The van der Waals surface area contributed by atoms with Crippen molar-refractivity contribution >= 4 is 15.9 Å². The molecule has 0 spiro atoms. The molecule has 28 heavy (non-hydrogen) atoms. The summed E-state index contributed by atoms with van der Waals surface area (Å²) in [4.78, 5) is 0. The molecule has 1 saturated carbocycles. The maximum absolute atomic E-state index is 11.0. The van der Waals surface area contributed by atoms with Crippen molar-refractivity contribution in [2.45, 2.75) is 102 Å². The number of benzene rings is 1. The van der Waals surface area contributed by atoms with Gasteiger partial charge in [0.15, 0.2) is 0 Å². The van der Waals surface area contributed by atoms with Crippen molar-refractivity contribution in [2.24, 2.45) is 5.92 Å². The molecule has 1 aliphatic carbocycles. The Bertz CT molecular complexity index is 683. The van der Waals surface area contributed by atoms with Crippen LogP contribution >= 0.6 is 15.9 Å². The molecule has 0 saturated heterocycles. The third kappa shape index (κ3) is 4.53. The Hall–Kier alpha value is -0.740. The highest BCUT2D eigenvalue weighted by Crippen LogP contribution is 2.55. The number of aliphatic hydroxyl groups excluding tert-OH is 1. The number of rotatable bonds is 7. The molecule has 0 radical (unpaired) electrons. The average Bonchev–Trinajstić information content (AvgIpc) is 2.60. The summed E-state index contributed by atoms with van der Waals surface area (Å²) >= 11 is 3.50. The first-order valence-corrected chi connectivity index (χ1v) is 12.1. The van der Waals surface area contributed by atoms with Crippen molar-refractivity contribution < 1.29 is 14.9 Å². The van der Waals surface area contributed by atoms with Gasteiger partial charge in [0.2, 0.25) is 0 Å². The molecule has 1 aromatic rings. The fourth-order valence-corrected chi connectivity index (χ4v) is 5.67. The molecule has 1 aliphatic heterocycles. The highest BCUT2D eigenvalue weighted by Gasteiger charge is 2.47. The number of halogens is 1. The zero-order chi connectivity index (χ0) is 20.5. The van der Waals surface area contributed by atoms with Crippen LogP contribution in [0.1, 0.15) is 96.1 Å². The molecule has 3 rings (SSSR count). The largest absolute Gasteiger partial charge is 0.508 e. The topological polar surface area (TPSA) is 49.7 Å². The summed E-state index contributed by atoms with van der Waals surface area (Å²) in [5.74, 6) is 1.67. The summed E-state index contributed by atoms with van der Waals surface area (Å²) in [5, 5.41) is 22.3. The van der Waals surface area contributed by atoms with E-state index < -0.39 is 0 Å². The first kappa shape index (κ1) is 22.0. The highest BCUT2D eigenvalue weighted by molar-refractivity contribution is 9.09. The molecule has 1 heterocycles. The molecule has 4 heteroatoms. The van der Waals surface area contributed by atoms with Gasteiger partial charge in [-0.3, -0.25) is 0 Å². The second-order valence-corrected chi connectivity index (χ2v) is 10.8. The predicted octanol–water partition coefficient (Wildman–Crippen LogP) is 6.43. The normalized spacial score (nSPS) is 26.3. The molecule has 0 aromatic heterocycles. The number of aromatic hydroxyl groups is 1. The number of unbranched alkanes of at least 4 members (excludes halogenated alkanes) is 3. The highest BCUT2D eigenvalue weighted by atomic mass is 79.9. The standard InChI is InChI=1S/C24H37BrO3/c1-23(2,11-7-5-6-8-12-25)16-13-20(27)22-18-15-17(26)9-10-19(18)24(3,4)28-21(22)14-16/h13-14,17-19,26-27H,5-12,15H2,1-4H3/t17-,18?,19?/m0/s1. The predicted molar refractivity (Wildman–Crippen MR) is 119 cm³/mol. The van der Waals surface area contributed by atoms with Crippen molar-refractivity contribution in [3.8, 4) is 11.5 Å². The van der Waals surface area contributed by atoms with Crippen LogP contribution in [0.3, 0.4) is 0 Å². The number of ether oxygens (including phenoxy) is 1. The Morgan fingerprint density at radius 1 is 1.14 bits per heavy atom. The van der Waals surface area contributed by atoms with E-state index >= 15 is 0 Å². The fourth-order valence-electron chi connectivity index (χ4n) is 5.28. The van der Waals surface area contributed by atoms with Crippen LogP contribution in [0.5, 0.6) is 11.5 Å². The number of hydrogen-bond donors (Lipinski definition) is 2. The Kier molecular flexibility index (Phi) is 6.71. The number of alkyl halides is 1. The average molecular weight is 453 g/mol. The Morgan fingerprint density at radius 2 is 1.86 bits per heavy atom. The maximum atomic E-state index is 11.0. The lowest BCUT2D eigenvalue weighted by molar-refractivity contribution is -0.0318. The van der Waals surface area contributed by atoms with Gasteiger partial charge in [0, 0.05) is 22.7 Å². The van der Waals surface area contributed by atoms with Crippen LogP contribution in [-0.4, -0.2) is 27.2 Å². The van der Waals surface area contributed by atoms with Gasteiger partial charge in [0.05, 0.1) is 6.10 Å². The summed E-state index contributed by atoms with van der Waals surface area (Å²) in [5.41, 5.74) is 1.79. The Morgan fingerprint density at radius 3 is 2.57 bits per heavy atom. The molecule has 0 bridgehead atoms. The van der Waals surface area contributed by atoms with Gasteiger partial charge in [0.25, 0.3) is 0 Å². The number of fused-ring (bicyclic) bond motifs is 3. The van der Waals surface area contributed by atoms with E-state index in [-0.39, 0.29) is 23.0 Å². The first-order chi connectivity index (χ1) is 13.2. The van der Waals surface area contributed by atoms with Crippen LogP contribution in [0.25, 0.3) is 0 Å². The quantitative estimate of drug-likeness (QED) is 0.369. The lowest BCUT2D eigenvalue weighted by Crippen LogP contribution is -2.47. The second kappa shape index (κ2) is 8.55. The lowest BCUT2D eigenvalue weighted by Gasteiger charge is -2.48. The van der Waals surface area contributed by atoms with Crippen LogP contribution < -0.4 is 4.74 Å². The van der Waals surface area contributed by atoms with Gasteiger partial charge in [-0.2, -0.15) is 0 Å². The van der Waals surface area contributed by atoms with E-state index in [1.165, 1.54) is 25.7 Å². The Labute approximate surface area is 179 Å². The van der Waals surface area contributed by atoms with E-state index in [0.29, 0.717) is 18.1 Å². The van der Waals surface area contributed by atoms with Crippen molar-refractivity contribution in [3.63, 3.8) is 0 Å². The SMILES string of the molecule is CC(C)(CCCCCCBr)c1cc(O)c2c(c1)OC(C)(C)C1CC[C@H](O)CC21. The van der Waals surface area contributed by atoms with Crippen LogP contribution in [0.4, 0.5) is 0 Å². The van der Waals surface area contributed by atoms with Crippen molar-refractivity contribution in [1.29, 1.82) is 0 Å². The monoisotopic (exact) mass is 452 g/mol. The van der Waals surface area contributed by atoms with E-state index in [2.05, 4.69) is 49.7 Å². The molecule has 2 N–H and O–H groups in total. The third-order valence-corrected chi connectivity index (χ3v) is 7.61. The number of phenols is 1. The zero-order valence-corrected chi connectivity index (χ0v) is 19.5. The number of aliphatic hydroxyl groups is 1. The molecule has 0 amide bonds. The number of hydrogen-bond acceptors (Lipinski definition) is 3. The zero-order valence-electron chi connectivity index (χ0n) is 17.9. The van der Waals surface area contributed by atoms with Gasteiger partial charge in [-0.15, -0.1) is 0 Å². The molecular formula is C24H37BrO3. The van der Waals surface area contributed by atoms with Crippen molar-refractivity contribution in [3.05, 3.63) is 23.3 Å². The van der Waals surface area contributed by atoms with Crippen molar-refractivity contribution in [1.82, 2.24) is 0 Å².